The van der Waals surface area contributed by atoms with Gasteiger partial charge in [0, 0.05) is 30.9 Å². The number of benzene rings is 1. The van der Waals surface area contributed by atoms with E-state index >= 15 is 0 Å². The Balaban J connectivity index is 1.60. The molecule has 3 rings (SSSR count). The largest absolute Gasteiger partial charge is 0.393 e. The van der Waals surface area contributed by atoms with Crippen molar-refractivity contribution in [1.82, 2.24) is 20.0 Å². The van der Waals surface area contributed by atoms with Crippen LogP contribution in [0, 0.1) is 11.7 Å². The van der Waals surface area contributed by atoms with Gasteiger partial charge < -0.3 is 10.4 Å². The third kappa shape index (κ3) is 4.47. The SMILES string of the molecule is CN(CC(=O)N[C@H](c1cnn(C)c1)C1CC(O)C1)Cc1ccccc1F. The summed E-state index contributed by atoms with van der Waals surface area (Å²) in [6.45, 7) is 0.528. The van der Waals surface area contributed by atoms with Crippen LogP contribution in [-0.4, -0.2) is 45.4 Å². The maximum atomic E-state index is 13.8. The van der Waals surface area contributed by atoms with E-state index < -0.39 is 0 Å². The number of nitrogens with zero attached hydrogens (tertiary/aromatic N) is 3. The molecule has 0 unspecified atom stereocenters. The molecular formula is C19H25FN4O2. The van der Waals surface area contributed by atoms with Gasteiger partial charge in [0.15, 0.2) is 0 Å². The number of aryl methyl sites for hydroxylation is 1. The summed E-state index contributed by atoms with van der Waals surface area (Å²) < 4.78 is 15.5. The summed E-state index contributed by atoms with van der Waals surface area (Å²) in [6.07, 6.45) is 4.69. The predicted molar refractivity (Wildman–Crippen MR) is 95.6 cm³/mol. The molecule has 0 bridgehead atoms. The molecule has 0 radical (unpaired) electrons. The van der Waals surface area contributed by atoms with Gasteiger partial charge in [-0.15, -0.1) is 0 Å². The van der Waals surface area contributed by atoms with E-state index in [1.54, 1.807) is 41.0 Å². The van der Waals surface area contributed by atoms with Crippen LogP contribution < -0.4 is 5.32 Å². The summed E-state index contributed by atoms with van der Waals surface area (Å²) in [5, 5.41) is 16.9. The third-order valence-corrected chi connectivity index (χ3v) is 4.83. The average Bonchev–Trinajstić information content (AvgIpc) is 2.98. The first-order valence-electron chi connectivity index (χ1n) is 8.80. The van der Waals surface area contributed by atoms with Gasteiger partial charge in [0.1, 0.15) is 5.82 Å². The Morgan fingerprint density at radius 2 is 2.19 bits per heavy atom. The maximum absolute atomic E-state index is 13.8. The molecule has 140 valence electrons. The first-order valence-corrected chi connectivity index (χ1v) is 8.80. The summed E-state index contributed by atoms with van der Waals surface area (Å²) in [5.74, 6) is -0.189. The van der Waals surface area contributed by atoms with E-state index in [0.29, 0.717) is 24.9 Å². The fraction of sp³-hybridized carbons (Fsp3) is 0.474. The molecule has 2 N–H and O–H groups in total. The Bertz CT molecular complexity index is 758. The number of carbonyl (C=O) groups excluding carboxylic acids is 1. The van der Waals surface area contributed by atoms with Crippen molar-refractivity contribution in [2.45, 2.75) is 31.5 Å². The molecule has 1 saturated carbocycles. The van der Waals surface area contributed by atoms with Crippen LogP contribution in [0.2, 0.25) is 0 Å². The highest BCUT2D eigenvalue weighted by atomic mass is 19.1. The zero-order valence-electron chi connectivity index (χ0n) is 15.1. The van der Waals surface area contributed by atoms with Gasteiger partial charge in [-0.25, -0.2) is 4.39 Å². The van der Waals surface area contributed by atoms with E-state index in [1.165, 1.54) is 6.07 Å². The lowest BCUT2D eigenvalue weighted by Gasteiger charge is -2.37. The van der Waals surface area contributed by atoms with Crippen molar-refractivity contribution in [2.75, 3.05) is 13.6 Å². The smallest absolute Gasteiger partial charge is 0.234 e. The van der Waals surface area contributed by atoms with Gasteiger partial charge in [0.05, 0.1) is 24.9 Å². The predicted octanol–water partition coefficient (Wildman–Crippen LogP) is 1.62. The molecule has 1 fully saturated rings. The van der Waals surface area contributed by atoms with Crippen molar-refractivity contribution in [3.8, 4) is 0 Å². The summed E-state index contributed by atoms with van der Waals surface area (Å²) >= 11 is 0. The van der Waals surface area contributed by atoms with Crippen LogP contribution in [0.5, 0.6) is 0 Å². The molecule has 0 spiro atoms. The molecule has 6 nitrogen and oxygen atoms in total. The molecule has 1 heterocycles. The first-order chi connectivity index (χ1) is 12.4. The Morgan fingerprint density at radius 1 is 1.46 bits per heavy atom. The Labute approximate surface area is 152 Å². The summed E-state index contributed by atoms with van der Waals surface area (Å²) in [6, 6.07) is 6.41. The van der Waals surface area contributed by atoms with Crippen molar-refractivity contribution in [2.24, 2.45) is 13.0 Å². The van der Waals surface area contributed by atoms with Gasteiger partial charge in [-0.1, -0.05) is 18.2 Å². The number of rotatable bonds is 7. The van der Waals surface area contributed by atoms with Crippen LogP contribution in [0.25, 0.3) is 0 Å². The number of halogens is 1. The van der Waals surface area contributed by atoms with Crippen molar-refractivity contribution < 1.29 is 14.3 Å². The van der Waals surface area contributed by atoms with E-state index in [2.05, 4.69) is 10.4 Å². The number of aliphatic hydroxyl groups is 1. The molecule has 1 amide bonds. The number of aromatic nitrogens is 2. The number of hydrogen-bond donors (Lipinski definition) is 2. The lowest BCUT2D eigenvalue weighted by atomic mass is 9.75. The first kappa shape index (κ1) is 18.5. The van der Waals surface area contributed by atoms with E-state index in [9.17, 15) is 14.3 Å². The van der Waals surface area contributed by atoms with Crippen LogP contribution in [0.3, 0.4) is 0 Å². The lowest BCUT2D eigenvalue weighted by molar-refractivity contribution is -0.124. The van der Waals surface area contributed by atoms with Crippen LogP contribution >= 0.6 is 0 Å². The molecule has 0 saturated heterocycles. The molecule has 1 aromatic heterocycles. The summed E-state index contributed by atoms with van der Waals surface area (Å²) in [5.41, 5.74) is 1.50. The summed E-state index contributed by atoms with van der Waals surface area (Å²) in [4.78, 5) is 14.3. The van der Waals surface area contributed by atoms with E-state index in [0.717, 1.165) is 5.56 Å². The van der Waals surface area contributed by atoms with E-state index in [1.807, 2.05) is 13.2 Å². The monoisotopic (exact) mass is 360 g/mol. The minimum absolute atomic E-state index is 0.126. The second-order valence-electron chi connectivity index (χ2n) is 7.14. The van der Waals surface area contributed by atoms with Crippen molar-refractivity contribution >= 4 is 5.91 Å². The molecule has 26 heavy (non-hydrogen) atoms. The number of amides is 1. The minimum Gasteiger partial charge on any atom is -0.393 e. The quantitative estimate of drug-likeness (QED) is 0.787. The zero-order chi connectivity index (χ0) is 18.7. The molecule has 1 aliphatic rings. The molecule has 1 aliphatic carbocycles. The van der Waals surface area contributed by atoms with Crippen LogP contribution in [-0.2, 0) is 18.4 Å². The lowest BCUT2D eigenvalue weighted by Crippen LogP contribution is -2.44. The zero-order valence-corrected chi connectivity index (χ0v) is 15.1. The van der Waals surface area contributed by atoms with Crippen LogP contribution in [0.4, 0.5) is 4.39 Å². The average molecular weight is 360 g/mol. The van der Waals surface area contributed by atoms with Crippen molar-refractivity contribution in [1.29, 1.82) is 0 Å². The van der Waals surface area contributed by atoms with Crippen LogP contribution in [0.15, 0.2) is 36.7 Å². The molecular weight excluding hydrogens is 335 g/mol. The van der Waals surface area contributed by atoms with Gasteiger partial charge in [-0.3, -0.25) is 14.4 Å². The Kier molecular flexibility index (Phi) is 5.68. The molecule has 1 aromatic carbocycles. The normalized spacial score (nSPS) is 20.7. The van der Waals surface area contributed by atoms with E-state index in [-0.39, 0.29) is 36.3 Å². The highest BCUT2D eigenvalue weighted by Gasteiger charge is 2.36. The fourth-order valence-corrected chi connectivity index (χ4v) is 3.41. The van der Waals surface area contributed by atoms with Gasteiger partial charge in [-0.2, -0.15) is 5.10 Å². The van der Waals surface area contributed by atoms with Crippen LogP contribution in [0.1, 0.15) is 30.0 Å². The standard InChI is InChI=1S/C19H25FN4O2/c1-23(10-13-5-3-4-6-17(13)20)12-18(26)22-19(14-7-16(25)8-14)15-9-21-24(2)11-15/h3-6,9,11,14,16,19,25H,7-8,10,12H2,1-2H3,(H,22,26)/t14?,16?,19-/m0/s1. The van der Waals surface area contributed by atoms with E-state index in [4.69, 9.17) is 0 Å². The van der Waals surface area contributed by atoms with Gasteiger partial charge >= 0.3 is 0 Å². The number of nitrogens with one attached hydrogen (secondary N) is 1. The number of hydrogen-bond acceptors (Lipinski definition) is 4. The van der Waals surface area contributed by atoms with Crippen molar-refractivity contribution in [3.05, 3.63) is 53.6 Å². The fourth-order valence-electron chi connectivity index (χ4n) is 3.41. The second-order valence-corrected chi connectivity index (χ2v) is 7.14. The Hall–Kier alpha value is -2.25. The third-order valence-electron chi connectivity index (χ3n) is 4.83. The van der Waals surface area contributed by atoms with Gasteiger partial charge in [0.25, 0.3) is 0 Å². The maximum Gasteiger partial charge on any atom is 0.234 e. The molecule has 2 aromatic rings. The van der Waals surface area contributed by atoms with Gasteiger partial charge in [0.2, 0.25) is 5.91 Å². The number of carbonyl (C=O) groups is 1. The molecule has 0 aliphatic heterocycles. The Morgan fingerprint density at radius 3 is 2.81 bits per heavy atom. The number of likely N-dealkylation sites (N-methyl/N-ethyl adjacent to an activating group) is 1. The topological polar surface area (TPSA) is 70.4 Å². The van der Waals surface area contributed by atoms with Crippen molar-refractivity contribution in [3.63, 3.8) is 0 Å². The second kappa shape index (κ2) is 7.97. The summed E-state index contributed by atoms with van der Waals surface area (Å²) in [7, 11) is 3.62. The van der Waals surface area contributed by atoms with Gasteiger partial charge in [-0.05, 0) is 31.9 Å². The highest BCUT2D eigenvalue weighted by Crippen LogP contribution is 2.37. The number of aliphatic hydroxyl groups excluding tert-OH is 1. The highest BCUT2D eigenvalue weighted by molar-refractivity contribution is 5.78. The minimum atomic E-state index is -0.292. The molecule has 7 heteroatoms. The molecule has 1 atom stereocenters.